The number of hydrogen-bond donors (Lipinski definition) is 0. The minimum Gasteiger partial charge on any atom is -0.342 e. The molecule has 1 atom stereocenters. The van der Waals surface area contributed by atoms with Crippen LogP contribution in [0.15, 0.2) is 30.3 Å². The van der Waals surface area contributed by atoms with E-state index in [4.69, 9.17) is 0 Å². The van der Waals surface area contributed by atoms with Crippen LogP contribution in [0.25, 0.3) is 0 Å². The van der Waals surface area contributed by atoms with Crippen LogP contribution in [0.3, 0.4) is 0 Å². The van der Waals surface area contributed by atoms with Gasteiger partial charge >= 0.3 is 0 Å². The number of rotatable bonds is 3. The summed E-state index contributed by atoms with van der Waals surface area (Å²) in [6.07, 6.45) is 3.46. The molecule has 2 aliphatic heterocycles. The van der Waals surface area contributed by atoms with Gasteiger partial charge in [-0.3, -0.25) is 14.5 Å². The summed E-state index contributed by atoms with van der Waals surface area (Å²) in [6.45, 7) is 5.96. The summed E-state index contributed by atoms with van der Waals surface area (Å²) in [7, 11) is 0. The van der Waals surface area contributed by atoms with E-state index < -0.39 is 0 Å². The Morgan fingerprint density at radius 1 is 0.958 bits per heavy atom. The van der Waals surface area contributed by atoms with Crippen molar-refractivity contribution < 1.29 is 9.59 Å². The van der Waals surface area contributed by atoms with Crippen LogP contribution in [-0.4, -0.2) is 65.8 Å². The monoisotopic (exact) mass is 329 g/mol. The highest BCUT2D eigenvalue weighted by Gasteiger charge is 2.31. The number of hydrogen-bond acceptors (Lipinski definition) is 3. The SMILES string of the molecule is CC(=O)N1CCN(CC(=O)N2CCCCC2)[C@@H](c2ccccc2)C1. The van der Waals surface area contributed by atoms with Gasteiger partial charge in [0, 0.05) is 39.6 Å². The third-order valence-electron chi connectivity index (χ3n) is 5.17. The molecule has 0 spiro atoms. The number of carbonyl (C=O) groups excluding carboxylic acids is 2. The van der Waals surface area contributed by atoms with E-state index in [1.165, 1.54) is 12.0 Å². The molecule has 0 aromatic heterocycles. The van der Waals surface area contributed by atoms with Crippen LogP contribution in [0.1, 0.15) is 37.8 Å². The van der Waals surface area contributed by atoms with Gasteiger partial charge in [0.25, 0.3) is 0 Å². The topological polar surface area (TPSA) is 43.9 Å². The molecule has 1 aromatic rings. The Morgan fingerprint density at radius 2 is 1.67 bits per heavy atom. The fourth-order valence-electron chi connectivity index (χ4n) is 3.70. The van der Waals surface area contributed by atoms with Crippen molar-refractivity contribution in [3.8, 4) is 0 Å². The van der Waals surface area contributed by atoms with Crippen molar-refractivity contribution in [2.24, 2.45) is 0 Å². The molecule has 0 N–H and O–H groups in total. The normalized spacial score (nSPS) is 22.5. The standard InChI is InChI=1S/C19H27N3O2/c1-16(23)21-12-13-22(15-19(24)20-10-6-3-7-11-20)18(14-21)17-8-4-2-5-9-17/h2,4-5,8-9,18H,3,6-7,10-15H2,1H3/t18-/m1/s1. The Balaban J connectivity index is 1.72. The summed E-state index contributed by atoms with van der Waals surface area (Å²) in [5, 5.41) is 0. The summed E-state index contributed by atoms with van der Waals surface area (Å²) in [5.74, 6) is 0.338. The maximum Gasteiger partial charge on any atom is 0.236 e. The third-order valence-corrected chi connectivity index (χ3v) is 5.17. The molecular formula is C19H27N3O2. The van der Waals surface area contributed by atoms with Gasteiger partial charge < -0.3 is 9.80 Å². The van der Waals surface area contributed by atoms with E-state index in [9.17, 15) is 9.59 Å². The van der Waals surface area contributed by atoms with Crippen LogP contribution in [-0.2, 0) is 9.59 Å². The second kappa shape index (κ2) is 7.79. The molecule has 0 radical (unpaired) electrons. The van der Waals surface area contributed by atoms with Crippen molar-refractivity contribution in [2.75, 3.05) is 39.3 Å². The van der Waals surface area contributed by atoms with Crippen molar-refractivity contribution >= 4 is 11.8 Å². The van der Waals surface area contributed by atoms with E-state index in [2.05, 4.69) is 17.0 Å². The average molecular weight is 329 g/mol. The van der Waals surface area contributed by atoms with Crippen LogP contribution in [0.2, 0.25) is 0 Å². The number of nitrogens with zero attached hydrogens (tertiary/aromatic N) is 3. The molecule has 5 nitrogen and oxygen atoms in total. The predicted molar refractivity (Wildman–Crippen MR) is 93.4 cm³/mol. The zero-order valence-electron chi connectivity index (χ0n) is 14.5. The summed E-state index contributed by atoms with van der Waals surface area (Å²) in [6, 6.07) is 10.3. The Hall–Kier alpha value is -1.88. The molecule has 2 fully saturated rings. The lowest BCUT2D eigenvalue weighted by atomic mass is 10.0. The highest BCUT2D eigenvalue weighted by Crippen LogP contribution is 2.25. The quantitative estimate of drug-likeness (QED) is 0.851. The molecule has 0 aliphatic carbocycles. The van der Waals surface area contributed by atoms with Crippen LogP contribution in [0.4, 0.5) is 0 Å². The maximum absolute atomic E-state index is 12.7. The number of likely N-dealkylation sites (tertiary alicyclic amines) is 1. The predicted octanol–water partition coefficient (Wildman–Crippen LogP) is 1.90. The maximum atomic E-state index is 12.7. The van der Waals surface area contributed by atoms with Gasteiger partial charge in [0.15, 0.2) is 0 Å². The molecule has 2 saturated heterocycles. The molecule has 5 heteroatoms. The number of piperazine rings is 1. The van der Waals surface area contributed by atoms with Gasteiger partial charge in [-0.1, -0.05) is 30.3 Å². The Kier molecular flexibility index (Phi) is 5.51. The fraction of sp³-hybridized carbons (Fsp3) is 0.579. The lowest BCUT2D eigenvalue weighted by molar-refractivity contribution is -0.136. The van der Waals surface area contributed by atoms with Gasteiger partial charge in [-0.2, -0.15) is 0 Å². The molecule has 130 valence electrons. The number of benzene rings is 1. The molecule has 24 heavy (non-hydrogen) atoms. The van der Waals surface area contributed by atoms with E-state index >= 15 is 0 Å². The first kappa shape index (κ1) is 17.0. The molecule has 3 rings (SSSR count). The number of piperidine rings is 1. The minimum absolute atomic E-state index is 0.0950. The lowest BCUT2D eigenvalue weighted by Gasteiger charge is -2.42. The summed E-state index contributed by atoms with van der Waals surface area (Å²) >= 11 is 0. The highest BCUT2D eigenvalue weighted by molar-refractivity contribution is 5.78. The van der Waals surface area contributed by atoms with Gasteiger partial charge in [0.2, 0.25) is 11.8 Å². The second-order valence-corrected chi connectivity index (χ2v) is 6.80. The van der Waals surface area contributed by atoms with Crippen molar-refractivity contribution in [3.05, 3.63) is 35.9 Å². The molecular weight excluding hydrogens is 302 g/mol. The summed E-state index contributed by atoms with van der Waals surface area (Å²) in [5.41, 5.74) is 1.18. The Labute approximate surface area is 144 Å². The van der Waals surface area contributed by atoms with Gasteiger partial charge in [0.1, 0.15) is 0 Å². The highest BCUT2D eigenvalue weighted by atomic mass is 16.2. The van der Waals surface area contributed by atoms with Gasteiger partial charge in [-0.25, -0.2) is 0 Å². The van der Waals surface area contributed by atoms with E-state index in [-0.39, 0.29) is 17.9 Å². The zero-order chi connectivity index (χ0) is 16.9. The fourth-order valence-corrected chi connectivity index (χ4v) is 3.70. The van der Waals surface area contributed by atoms with Gasteiger partial charge in [-0.05, 0) is 24.8 Å². The van der Waals surface area contributed by atoms with E-state index in [0.29, 0.717) is 19.6 Å². The molecule has 0 unspecified atom stereocenters. The third kappa shape index (κ3) is 3.96. The zero-order valence-corrected chi connectivity index (χ0v) is 14.5. The van der Waals surface area contributed by atoms with Crippen molar-refractivity contribution in [1.82, 2.24) is 14.7 Å². The Bertz CT molecular complexity index is 569. The van der Waals surface area contributed by atoms with Gasteiger partial charge in [0.05, 0.1) is 12.6 Å². The second-order valence-electron chi connectivity index (χ2n) is 6.80. The smallest absolute Gasteiger partial charge is 0.236 e. The molecule has 0 saturated carbocycles. The summed E-state index contributed by atoms with van der Waals surface area (Å²) in [4.78, 5) is 30.6. The average Bonchev–Trinajstić information content (AvgIpc) is 2.63. The number of carbonyl (C=O) groups is 2. The largest absolute Gasteiger partial charge is 0.342 e. The van der Waals surface area contributed by atoms with Crippen LogP contribution < -0.4 is 0 Å². The molecule has 2 amide bonds. The van der Waals surface area contributed by atoms with Crippen molar-refractivity contribution in [1.29, 1.82) is 0 Å². The van der Waals surface area contributed by atoms with Crippen molar-refractivity contribution in [2.45, 2.75) is 32.2 Å². The van der Waals surface area contributed by atoms with Crippen LogP contribution >= 0.6 is 0 Å². The molecule has 1 aromatic carbocycles. The van der Waals surface area contributed by atoms with Gasteiger partial charge in [-0.15, -0.1) is 0 Å². The minimum atomic E-state index is 0.0950. The van der Waals surface area contributed by atoms with E-state index in [0.717, 1.165) is 32.5 Å². The molecule has 2 aliphatic rings. The van der Waals surface area contributed by atoms with E-state index in [1.807, 2.05) is 28.0 Å². The van der Waals surface area contributed by atoms with Crippen molar-refractivity contribution in [3.63, 3.8) is 0 Å². The Morgan fingerprint density at radius 3 is 2.33 bits per heavy atom. The summed E-state index contributed by atoms with van der Waals surface area (Å²) < 4.78 is 0. The first-order valence-electron chi connectivity index (χ1n) is 8.97. The first-order valence-corrected chi connectivity index (χ1v) is 8.97. The molecule has 2 heterocycles. The number of amides is 2. The lowest BCUT2D eigenvalue weighted by Crippen LogP contribution is -2.53. The van der Waals surface area contributed by atoms with Crippen LogP contribution in [0, 0.1) is 0 Å². The van der Waals surface area contributed by atoms with E-state index in [1.54, 1.807) is 6.92 Å². The first-order chi connectivity index (χ1) is 11.6. The van der Waals surface area contributed by atoms with Crippen LogP contribution in [0.5, 0.6) is 0 Å². The molecule has 0 bridgehead atoms.